The minimum Gasteiger partial charge on any atom is -0.497 e. The Balaban J connectivity index is 1.37. The molecule has 0 atom stereocenters. The van der Waals surface area contributed by atoms with Crippen LogP contribution in [0.1, 0.15) is 22.0 Å². The van der Waals surface area contributed by atoms with E-state index in [4.69, 9.17) is 25.7 Å². The van der Waals surface area contributed by atoms with Gasteiger partial charge in [0.1, 0.15) is 11.5 Å². The van der Waals surface area contributed by atoms with Crippen LogP contribution in [-0.4, -0.2) is 23.0 Å². The molecular weight excluding hydrogens is 508 g/mol. The Bertz CT molecular complexity index is 1480. The largest absolute Gasteiger partial charge is 0.497 e. The molecule has 1 amide bonds. The van der Waals surface area contributed by atoms with Crippen LogP contribution in [0, 0.1) is 0 Å². The maximum absolute atomic E-state index is 12.6. The Morgan fingerprint density at radius 2 is 1.86 bits per heavy atom. The van der Waals surface area contributed by atoms with Crippen LogP contribution < -0.4 is 15.0 Å². The van der Waals surface area contributed by atoms with Gasteiger partial charge in [-0.25, -0.2) is 4.98 Å². The molecule has 3 heterocycles. The van der Waals surface area contributed by atoms with Gasteiger partial charge in [0.15, 0.2) is 10.9 Å². The topological polar surface area (TPSA) is 80.5 Å². The number of anilines is 2. The molecule has 1 N–H and O–H groups in total. The Hall–Kier alpha value is -4.14. The number of nitrogens with one attached hydrogen (secondary N) is 1. The molecule has 0 bridgehead atoms. The Labute approximate surface area is 223 Å². The van der Waals surface area contributed by atoms with E-state index in [1.807, 2.05) is 77.0 Å². The number of rotatable bonds is 9. The van der Waals surface area contributed by atoms with Crippen molar-refractivity contribution in [2.75, 3.05) is 12.0 Å². The number of ether oxygens (including phenoxy) is 1. The number of carbonyl (C=O) groups is 1. The van der Waals surface area contributed by atoms with Crippen LogP contribution in [0.25, 0.3) is 11.3 Å². The number of hydrogen-bond donors (Lipinski definition) is 1. The van der Waals surface area contributed by atoms with Crippen LogP contribution >= 0.6 is 22.9 Å². The number of hydrogen-bond acceptors (Lipinski definition) is 7. The minimum absolute atomic E-state index is 0.225. The second-order valence-electron chi connectivity index (χ2n) is 8.05. The van der Waals surface area contributed by atoms with Crippen molar-refractivity contribution in [3.63, 3.8) is 0 Å². The molecule has 0 aliphatic heterocycles. The normalized spacial score (nSPS) is 10.8. The molecule has 2 aromatic carbocycles. The highest BCUT2D eigenvalue weighted by Gasteiger charge is 2.20. The Kier molecular flexibility index (Phi) is 7.49. The highest BCUT2D eigenvalue weighted by atomic mass is 35.5. The van der Waals surface area contributed by atoms with E-state index in [0.717, 1.165) is 33.5 Å². The van der Waals surface area contributed by atoms with Gasteiger partial charge in [0.2, 0.25) is 0 Å². The fraction of sp³-hybridized carbons (Fsp3) is 0.107. The standard InChI is InChI=1S/C28H23ClN4O3S/c1-35-21-11-9-19(10-12-21)24-18-37-28(32-24)33(25-8-3-2-7-23(25)29)17-22-13-14-26(36-22)27(34)31-16-20-6-4-5-15-30-20/h2-15,18H,16-17H2,1H3,(H,31,34). The summed E-state index contributed by atoms with van der Waals surface area (Å²) in [5.41, 5.74) is 3.38. The lowest BCUT2D eigenvalue weighted by Crippen LogP contribution is -2.22. The highest BCUT2D eigenvalue weighted by molar-refractivity contribution is 7.14. The maximum Gasteiger partial charge on any atom is 0.287 e. The first kappa shape index (κ1) is 24.5. The third-order valence-corrected chi connectivity index (χ3v) is 6.79. The molecule has 0 spiro atoms. The van der Waals surface area contributed by atoms with Crippen molar-refractivity contribution in [2.45, 2.75) is 13.1 Å². The van der Waals surface area contributed by atoms with Gasteiger partial charge < -0.3 is 19.4 Å². The van der Waals surface area contributed by atoms with Gasteiger partial charge in [0.05, 0.1) is 42.3 Å². The van der Waals surface area contributed by atoms with Crippen LogP contribution in [0.15, 0.2) is 94.9 Å². The monoisotopic (exact) mass is 530 g/mol. The summed E-state index contributed by atoms with van der Waals surface area (Å²) in [5.74, 6) is 1.30. The molecule has 186 valence electrons. The van der Waals surface area contributed by atoms with Crippen molar-refractivity contribution in [3.8, 4) is 17.0 Å². The number of nitrogens with zero attached hydrogens (tertiary/aromatic N) is 3. The summed E-state index contributed by atoms with van der Waals surface area (Å²) in [6.07, 6.45) is 1.69. The zero-order valence-corrected chi connectivity index (χ0v) is 21.5. The number of thiazole rings is 1. The molecule has 0 saturated carbocycles. The second-order valence-corrected chi connectivity index (χ2v) is 9.29. The predicted molar refractivity (Wildman–Crippen MR) is 146 cm³/mol. The summed E-state index contributed by atoms with van der Waals surface area (Å²) >= 11 is 8.07. The van der Waals surface area contributed by atoms with E-state index in [2.05, 4.69) is 10.3 Å². The number of carbonyl (C=O) groups excluding carboxylic acids is 1. The van der Waals surface area contributed by atoms with E-state index in [-0.39, 0.29) is 11.7 Å². The smallest absolute Gasteiger partial charge is 0.287 e. The number of aromatic nitrogens is 2. The molecule has 0 saturated heterocycles. The number of benzene rings is 2. The first-order valence-electron chi connectivity index (χ1n) is 11.5. The van der Waals surface area contributed by atoms with Gasteiger partial charge in [0.25, 0.3) is 5.91 Å². The van der Waals surface area contributed by atoms with Gasteiger partial charge in [-0.3, -0.25) is 9.78 Å². The van der Waals surface area contributed by atoms with E-state index in [0.29, 0.717) is 23.9 Å². The number of para-hydroxylation sites is 1. The van der Waals surface area contributed by atoms with Crippen LogP contribution in [0.2, 0.25) is 5.02 Å². The number of pyridine rings is 1. The average Bonchev–Trinajstić information content (AvgIpc) is 3.62. The van der Waals surface area contributed by atoms with Crippen LogP contribution in [0.3, 0.4) is 0 Å². The van der Waals surface area contributed by atoms with Crippen LogP contribution in [0.4, 0.5) is 10.8 Å². The van der Waals surface area contributed by atoms with Crippen molar-refractivity contribution in [1.82, 2.24) is 15.3 Å². The molecule has 5 rings (SSSR count). The summed E-state index contributed by atoms with van der Waals surface area (Å²) in [6, 6.07) is 24.3. The van der Waals surface area contributed by atoms with Gasteiger partial charge in [-0.05, 0) is 60.7 Å². The van der Waals surface area contributed by atoms with E-state index >= 15 is 0 Å². The first-order valence-corrected chi connectivity index (χ1v) is 12.8. The molecule has 7 nitrogen and oxygen atoms in total. The lowest BCUT2D eigenvalue weighted by molar-refractivity contribution is 0.0921. The van der Waals surface area contributed by atoms with Crippen molar-refractivity contribution in [1.29, 1.82) is 0 Å². The summed E-state index contributed by atoms with van der Waals surface area (Å²) in [6.45, 7) is 0.654. The van der Waals surface area contributed by atoms with Crippen molar-refractivity contribution in [2.24, 2.45) is 0 Å². The van der Waals surface area contributed by atoms with Crippen LogP contribution in [-0.2, 0) is 13.1 Å². The van der Waals surface area contributed by atoms with Gasteiger partial charge in [-0.1, -0.05) is 29.8 Å². The SMILES string of the molecule is COc1ccc(-c2csc(N(Cc3ccc(C(=O)NCc4ccccn4)o3)c3ccccc3Cl)n2)cc1. The Morgan fingerprint density at radius 3 is 2.62 bits per heavy atom. The van der Waals surface area contributed by atoms with E-state index < -0.39 is 0 Å². The molecule has 0 radical (unpaired) electrons. The van der Waals surface area contributed by atoms with Crippen molar-refractivity contribution < 1.29 is 13.9 Å². The van der Waals surface area contributed by atoms with Crippen molar-refractivity contribution >= 4 is 39.7 Å². The Morgan fingerprint density at radius 1 is 1.05 bits per heavy atom. The molecule has 0 aliphatic carbocycles. The molecule has 37 heavy (non-hydrogen) atoms. The average molecular weight is 531 g/mol. The van der Waals surface area contributed by atoms with Gasteiger partial charge in [-0.15, -0.1) is 11.3 Å². The zero-order chi connectivity index (χ0) is 25.6. The molecule has 0 unspecified atom stereocenters. The van der Waals surface area contributed by atoms with E-state index in [1.54, 1.807) is 25.4 Å². The quantitative estimate of drug-likeness (QED) is 0.227. The van der Waals surface area contributed by atoms with E-state index in [1.165, 1.54) is 11.3 Å². The summed E-state index contributed by atoms with van der Waals surface area (Å²) in [7, 11) is 1.64. The minimum atomic E-state index is -0.308. The molecule has 3 aromatic heterocycles. The number of amides is 1. The third kappa shape index (κ3) is 5.82. The molecule has 0 fully saturated rings. The van der Waals surface area contributed by atoms with E-state index in [9.17, 15) is 4.79 Å². The number of halogens is 1. The second kappa shape index (κ2) is 11.3. The molecule has 5 aromatic rings. The predicted octanol–water partition coefficient (Wildman–Crippen LogP) is 6.73. The lowest BCUT2D eigenvalue weighted by atomic mass is 10.2. The van der Waals surface area contributed by atoms with Gasteiger partial charge >= 0.3 is 0 Å². The number of methoxy groups -OCH3 is 1. The van der Waals surface area contributed by atoms with Gasteiger partial charge in [-0.2, -0.15) is 0 Å². The first-order chi connectivity index (χ1) is 18.1. The third-order valence-electron chi connectivity index (χ3n) is 5.61. The van der Waals surface area contributed by atoms with Crippen molar-refractivity contribution in [3.05, 3.63) is 113 Å². The van der Waals surface area contributed by atoms with Crippen LogP contribution in [0.5, 0.6) is 5.75 Å². The fourth-order valence-electron chi connectivity index (χ4n) is 3.71. The molecule has 0 aliphatic rings. The van der Waals surface area contributed by atoms with Gasteiger partial charge in [0, 0.05) is 17.1 Å². The highest BCUT2D eigenvalue weighted by Crippen LogP contribution is 2.37. The fourth-order valence-corrected chi connectivity index (χ4v) is 4.80. The molecule has 9 heteroatoms. The number of furan rings is 1. The molecular formula is C28H23ClN4O3S. The zero-order valence-electron chi connectivity index (χ0n) is 19.9. The summed E-state index contributed by atoms with van der Waals surface area (Å²) in [5, 5.41) is 6.17. The maximum atomic E-state index is 12.6. The summed E-state index contributed by atoms with van der Waals surface area (Å²) in [4.78, 5) is 23.7. The lowest BCUT2D eigenvalue weighted by Gasteiger charge is -2.22. The summed E-state index contributed by atoms with van der Waals surface area (Å²) < 4.78 is 11.2.